The number of nitrogens with one attached hydrogen (secondary N) is 1. The number of benzene rings is 3. The Morgan fingerprint density at radius 3 is 1.89 bits per heavy atom. The molecule has 0 radical (unpaired) electrons. The van der Waals surface area contributed by atoms with Crippen molar-refractivity contribution in [3.05, 3.63) is 96.1 Å². The molecule has 3 aromatic carbocycles. The second-order valence-corrected chi connectivity index (χ2v) is 10.5. The van der Waals surface area contributed by atoms with Gasteiger partial charge >= 0.3 is 0 Å². The first-order valence-corrected chi connectivity index (χ1v) is 13.8. The number of rotatable bonds is 9. The SMILES string of the molecule is CCOc1ccc(S(=O)(=O)N[C@@H](C)C(=O)N2CCN(C(c3ccccc3)c3ccccc3)CC2)cc1. The molecule has 0 aliphatic carbocycles. The van der Waals surface area contributed by atoms with Gasteiger partial charge in [-0.1, -0.05) is 60.7 Å². The molecule has 8 heteroatoms. The highest BCUT2D eigenvalue weighted by atomic mass is 32.2. The molecule has 190 valence electrons. The molecule has 4 rings (SSSR count). The molecule has 1 heterocycles. The third kappa shape index (κ3) is 6.13. The van der Waals surface area contributed by atoms with Crippen LogP contribution in [0.3, 0.4) is 0 Å². The zero-order valence-corrected chi connectivity index (χ0v) is 21.5. The lowest BCUT2D eigenvalue weighted by Crippen LogP contribution is -2.54. The van der Waals surface area contributed by atoms with E-state index < -0.39 is 16.1 Å². The molecule has 1 aliphatic rings. The van der Waals surface area contributed by atoms with Gasteiger partial charge < -0.3 is 9.64 Å². The average Bonchev–Trinajstić information content (AvgIpc) is 2.90. The highest BCUT2D eigenvalue weighted by Gasteiger charge is 2.31. The minimum absolute atomic E-state index is 0.0974. The van der Waals surface area contributed by atoms with E-state index in [9.17, 15) is 13.2 Å². The number of hydrogen-bond acceptors (Lipinski definition) is 5. The second kappa shape index (κ2) is 11.7. The summed E-state index contributed by atoms with van der Waals surface area (Å²) in [5.74, 6) is 0.378. The molecule has 1 saturated heterocycles. The summed E-state index contributed by atoms with van der Waals surface area (Å²) in [7, 11) is -3.83. The van der Waals surface area contributed by atoms with E-state index in [-0.39, 0.29) is 16.8 Å². The van der Waals surface area contributed by atoms with Gasteiger partial charge in [0.2, 0.25) is 15.9 Å². The highest BCUT2D eigenvalue weighted by Crippen LogP contribution is 2.29. The summed E-state index contributed by atoms with van der Waals surface area (Å²) in [4.78, 5) is 17.3. The lowest BCUT2D eigenvalue weighted by Gasteiger charge is -2.40. The lowest BCUT2D eigenvalue weighted by molar-refractivity contribution is -0.134. The third-order valence-electron chi connectivity index (χ3n) is 6.37. The molecular weight excluding hydrogens is 474 g/mol. The summed E-state index contributed by atoms with van der Waals surface area (Å²) in [6.07, 6.45) is 0. The maximum Gasteiger partial charge on any atom is 0.241 e. The maximum absolute atomic E-state index is 13.1. The fraction of sp³-hybridized carbons (Fsp3) is 0.321. The van der Waals surface area contributed by atoms with Gasteiger partial charge in [-0.15, -0.1) is 0 Å². The minimum atomic E-state index is -3.83. The topological polar surface area (TPSA) is 78.9 Å². The van der Waals surface area contributed by atoms with Gasteiger partial charge in [0.1, 0.15) is 5.75 Å². The molecule has 0 saturated carbocycles. The van der Waals surface area contributed by atoms with Gasteiger partial charge in [-0.25, -0.2) is 8.42 Å². The molecule has 1 fully saturated rings. The molecule has 1 amide bonds. The molecule has 7 nitrogen and oxygen atoms in total. The van der Waals surface area contributed by atoms with Crippen molar-refractivity contribution in [1.82, 2.24) is 14.5 Å². The quantitative estimate of drug-likeness (QED) is 0.478. The van der Waals surface area contributed by atoms with Crippen LogP contribution in [-0.4, -0.2) is 63.0 Å². The number of sulfonamides is 1. The zero-order chi connectivity index (χ0) is 25.5. The van der Waals surface area contributed by atoms with Crippen LogP contribution in [0.25, 0.3) is 0 Å². The highest BCUT2D eigenvalue weighted by molar-refractivity contribution is 7.89. The number of amides is 1. The first-order valence-electron chi connectivity index (χ1n) is 12.3. The van der Waals surface area contributed by atoms with Crippen molar-refractivity contribution in [1.29, 1.82) is 0 Å². The Hall–Kier alpha value is -3.20. The van der Waals surface area contributed by atoms with E-state index in [4.69, 9.17) is 4.74 Å². The fourth-order valence-corrected chi connectivity index (χ4v) is 5.79. The zero-order valence-electron chi connectivity index (χ0n) is 20.7. The lowest BCUT2D eigenvalue weighted by atomic mass is 9.96. The Morgan fingerprint density at radius 1 is 0.861 bits per heavy atom. The minimum Gasteiger partial charge on any atom is -0.494 e. The predicted molar refractivity (Wildman–Crippen MR) is 140 cm³/mol. The van der Waals surface area contributed by atoms with Crippen molar-refractivity contribution in [2.45, 2.75) is 30.8 Å². The van der Waals surface area contributed by atoms with Crippen LogP contribution >= 0.6 is 0 Å². The van der Waals surface area contributed by atoms with E-state index in [1.807, 2.05) is 43.3 Å². The van der Waals surface area contributed by atoms with Crippen molar-refractivity contribution in [3.8, 4) is 5.75 Å². The van der Waals surface area contributed by atoms with Crippen LogP contribution in [-0.2, 0) is 14.8 Å². The summed E-state index contributed by atoms with van der Waals surface area (Å²) >= 11 is 0. The summed E-state index contributed by atoms with van der Waals surface area (Å²) < 4.78 is 33.6. The smallest absolute Gasteiger partial charge is 0.241 e. The number of carbonyl (C=O) groups is 1. The van der Waals surface area contributed by atoms with Gasteiger partial charge in [0.25, 0.3) is 0 Å². The first-order chi connectivity index (χ1) is 17.4. The van der Waals surface area contributed by atoms with Gasteiger partial charge in [0.15, 0.2) is 0 Å². The monoisotopic (exact) mass is 507 g/mol. The van der Waals surface area contributed by atoms with Crippen molar-refractivity contribution in [2.75, 3.05) is 32.8 Å². The number of carbonyl (C=O) groups excluding carboxylic acids is 1. The molecule has 0 bridgehead atoms. The normalized spacial score (nSPS) is 15.6. The molecule has 0 unspecified atom stereocenters. The van der Waals surface area contributed by atoms with Crippen LogP contribution in [0.1, 0.15) is 31.0 Å². The van der Waals surface area contributed by atoms with Crippen molar-refractivity contribution in [2.24, 2.45) is 0 Å². The van der Waals surface area contributed by atoms with Crippen LogP contribution in [0.4, 0.5) is 0 Å². The van der Waals surface area contributed by atoms with Crippen LogP contribution in [0, 0.1) is 0 Å². The Kier molecular flexibility index (Phi) is 8.40. The van der Waals surface area contributed by atoms with Crippen LogP contribution in [0.5, 0.6) is 5.75 Å². The van der Waals surface area contributed by atoms with E-state index in [0.29, 0.717) is 38.5 Å². The Morgan fingerprint density at radius 2 is 1.39 bits per heavy atom. The molecule has 1 aliphatic heterocycles. The molecule has 3 aromatic rings. The Balaban J connectivity index is 1.40. The number of hydrogen-bond donors (Lipinski definition) is 1. The number of piperazine rings is 1. The average molecular weight is 508 g/mol. The van der Waals surface area contributed by atoms with E-state index in [1.165, 1.54) is 23.3 Å². The fourth-order valence-electron chi connectivity index (χ4n) is 4.59. The van der Waals surface area contributed by atoms with Gasteiger partial charge in [0.05, 0.1) is 23.6 Å². The van der Waals surface area contributed by atoms with Crippen molar-refractivity contribution < 1.29 is 17.9 Å². The van der Waals surface area contributed by atoms with Crippen LogP contribution in [0.15, 0.2) is 89.8 Å². The summed E-state index contributed by atoms with van der Waals surface area (Å²) in [6, 6.07) is 26.1. The standard InChI is InChI=1S/C28H33N3O4S/c1-3-35-25-14-16-26(17-15-25)36(33,34)29-22(2)28(32)31-20-18-30(19-21-31)27(23-10-6-4-7-11-23)24-12-8-5-9-13-24/h4-17,22,27,29H,3,18-21H2,1-2H3/t22-/m0/s1. The maximum atomic E-state index is 13.1. The number of nitrogens with zero attached hydrogens (tertiary/aromatic N) is 2. The van der Waals surface area contributed by atoms with Crippen molar-refractivity contribution in [3.63, 3.8) is 0 Å². The largest absolute Gasteiger partial charge is 0.494 e. The molecule has 0 spiro atoms. The summed E-state index contributed by atoms with van der Waals surface area (Å²) in [6.45, 7) is 6.41. The third-order valence-corrected chi connectivity index (χ3v) is 7.93. The van der Waals surface area contributed by atoms with Gasteiger partial charge in [0, 0.05) is 26.2 Å². The van der Waals surface area contributed by atoms with Crippen LogP contribution in [0.2, 0.25) is 0 Å². The Labute approximate surface area is 213 Å². The van der Waals surface area contributed by atoms with E-state index in [2.05, 4.69) is 33.9 Å². The Bertz CT molecular complexity index is 1190. The van der Waals surface area contributed by atoms with E-state index in [1.54, 1.807) is 24.0 Å². The van der Waals surface area contributed by atoms with Gasteiger partial charge in [-0.3, -0.25) is 9.69 Å². The molecule has 1 atom stereocenters. The van der Waals surface area contributed by atoms with Crippen LogP contribution < -0.4 is 9.46 Å². The molecule has 36 heavy (non-hydrogen) atoms. The predicted octanol–water partition coefficient (Wildman–Crippen LogP) is 3.69. The van der Waals surface area contributed by atoms with E-state index in [0.717, 1.165) is 0 Å². The first kappa shape index (κ1) is 25.9. The summed E-state index contributed by atoms with van der Waals surface area (Å²) in [5, 5.41) is 0. The van der Waals surface area contributed by atoms with E-state index >= 15 is 0 Å². The molecular formula is C28H33N3O4S. The van der Waals surface area contributed by atoms with Gasteiger partial charge in [-0.05, 0) is 49.2 Å². The second-order valence-electron chi connectivity index (χ2n) is 8.83. The van der Waals surface area contributed by atoms with Gasteiger partial charge in [-0.2, -0.15) is 4.72 Å². The molecule has 0 aromatic heterocycles. The number of ether oxygens (including phenoxy) is 1. The van der Waals surface area contributed by atoms with Crippen molar-refractivity contribution >= 4 is 15.9 Å². The summed E-state index contributed by atoms with van der Waals surface area (Å²) in [5.41, 5.74) is 2.42. The molecule has 1 N–H and O–H groups in total.